The summed E-state index contributed by atoms with van der Waals surface area (Å²) in [6.07, 6.45) is -0.741. The summed E-state index contributed by atoms with van der Waals surface area (Å²) in [5, 5.41) is 7.11. The van der Waals surface area contributed by atoms with E-state index >= 15 is 0 Å². The number of amides is 2. The molecular weight excluding hydrogens is 413 g/mol. The fraction of sp³-hybridized carbons (Fsp3) is 0.167. The van der Waals surface area contributed by atoms with E-state index in [4.69, 9.17) is 39.5 Å². The van der Waals surface area contributed by atoms with Gasteiger partial charge < -0.3 is 10.1 Å². The van der Waals surface area contributed by atoms with Crippen LogP contribution in [0.3, 0.4) is 0 Å². The van der Waals surface area contributed by atoms with E-state index in [1.54, 1.807) is 18.2 Å². The van der Waals surface area contributed by atoms with Crippen LogP contribution in [0, 0.1) is 0 Å². The second-order valence-corrected chi connectivity index (χ2v) is 8.32. The Morgan fingerprint density at radius 1 is 0.963 bits per heavy atom. The maximum absolute atomic E-state index is 11.8. The van der Waals surface area contributed by atoms with Gasteiger partial charge in [0.2, 0.25) is 9.70 Å². The number of halogens is 3. The fourth-order valence-corrected chi connectivity index (χ4v) is 2.65. The third-order valence-electron chi connectivity index (χ3n) is 3.55. The largest absolute Gasteiger partial charge is 0.445 e. The highest BCUT2D eigenvalue weighted by atomic mass is 35.6. The molecule has 0 bridgehead atoms. The van der Waals surface area contributed by atoms with Gasteiger partial charge in [-0.15, -0.1) is 0 Å². The number of carbonyl (C=O) groups excluding carboxylic acids is 2. The lowest BCUT2D eigenvalue weighted by molar-refractivity contribution is -0.114. The van der Waals surface area contributed by atoms with Crippen molar-refractivity contribution in [2.75, 3.05) is 17.2 Å². The minimum atomic E-state index is -1.67. The molecule has 0 unspecified atom stereocenters. The number of hydrogen-bond donors (Lipinski definition) is 2. The topological polar surface area (TPSA) is 80.3 Å². The third kappa shape index (κ3) is 5.35. The molecule has 0 aliphatic heterocycles. The molecule has 9 heteroatoms. The van der Waals surface area contributed by atoms with Gasteiger partial charge in [-0.2, -0.15) is 0 Å². The lowest BCUT2D eigenvalue weighted by atomic mass is 10.1. The molecule has 0 radical (unpaired) electrons. The molecule has 3 rings (SSSR count). The second kappa shape index (κ2) is 7.76. The highest BCUT2D eigenvalue weighted by Gasteiger charge is 2.22. The molecule has 2 aromatic carbocycles. The third-order valence-corrected chi connectivity index (χ3v) is 3.87. The van der Waals surface area contributed by atoms with Gasteiger partial charge in [0.05, 0.1) is 11.0 Å². The van der Waals surface area contributed by atoms with Crippen LogP contribution < -0.4 is 10.6 Å². The number of fused-ring (bicyclic) bond motifs is 2. The number of alkyl halides is 3. The summed E-state index contributed by atoms with van der Waals surface area (Å²) >= 11 is 16.6. The number of aromatic nitrogens is 1. The van der Waals surface area contributed by atoms with Gasteiger partial charge in [0.1, 0.15) is 6.61 Å². The number of nitrogens with one attached hydrogen (secondary N) is 2. The molecule has 0 saturated carbocycles. The SMILES string of the molecule is CC(=O)Nc1ccc2cc3ccc(NC(=O)OCC(Cl)(Cl)Cl)cc3nc2c1. The molecule has 3 aromatic rings. The smallest absolute Gasteiger partial charge is 0.411 e. The Morgan fingerprint density at radius 3 is 2.04 bits per heavy atom. The Labute approximate surface area is 169 Å². The van der Waals surface area contributed by atoms with Gasteiger partial charge in [-0.25, -0.2) is 9.78 Å². The maximum atomic E-state index is 11.8. The first-order valence-corrected chi connectivity index (χ1v) is 8.96. The van der Waals surface area contributed by atoms with E-state index in [0.717, 1.165) is 10.8 Å². The molecule has 2 amide bonds. The van der Waals surface area contributed by atoms with Crippen LogP contribution >= 0.6 is 34.8 Å². The van der Waals surface area contributed by atoms with Crippen molar-refractivity contribution in [1.82, 2.24) is 4.98 Å². The number of benzene rings is 2. The molecule has 0 aliphatic rings. The zero-order valence-electron chi connectivity index (χ0n) is 14.1. The van der Waals surface area contributed by atoms with E-state index in [2.05, 4.69) is 15.6 Å². The molecule has 6 nitrogen and oxygen atoms in total. The van der Waals surface area contributed by atoms with E-state index in [9.17, 15) is 9.59 Å². The molecule has 0 atom stereocenters. The van der Waals surface area contributed by atoms with Crippen LogP contribution in [0.5, 0.6) is 0 Å². The van der Waals surface area contributed by atoms with E-state index in [1.165, 1.54) is 6.92 Å². The zero-order valence-corrected chi connectivity index (χ0v) is 16.3. The monoisotopic (exact) mass is 425 g/mol. The average Bonchev–Trinajstić information content (AvgIpc) is 2.57. The molecule has 0 aliphatic carbocycles. The lowest BCUT2D eigenvalue weighted by Gasteiger charge is -2.12. The molecule has 27 heavy (non-hydrogen) atoms. The zero-order chi connectivity index (χ0) is 19.6. The Kier molecular flexibility index (Phi) is 5.60. The number of ether oxygens (including phenoxy) is 1. The summed E-state index contributed by atoms with van der Waals surface area (Å²) in [5.41, 5.74) is 2.53. The first-order chi connectivity index (χ1) is 12.7. The van der Waals surface area contributed by atoms with E-state index < -0.39 is 9.89 Å². The van der Waals surface area contributed by atoms with Crippen molar-refractivity contribution in [2.24, 2.45) is 0 Å². The van der Waals surface area contributed by atoms with Crippen molar-refractivity contribution in [2.45, 2.75) is 10.7 Å². The van der Waals surface area contributed by atoms with Crippen LogP contribution in [0.2, 0.25) is 0 Å². The van der Waals surface area contributed by atoms with Gasteiger partial charge in [0.25, 0.3) is 0 Å². The minimum Gasteiger partial charge on any atom is -0.445 e. The van der Waals surface area contributed by atoms with Gasteiger partial charge in [0, 0.05) is 29.1 Å². The average molecular weight is 427 g/mol. The van der Waals surface area contributed by atoms with Crippen molar-refractivity contribution in [3.8, 4) is 0 Å². The van der Waals surface area contributed by atoms with Gasteiger partial charge in [-0.05, 0) is 30.3 Å². The summed E-state index contributed by atoms with van der Waals surface area (Å²) < 4.78 is 3.17. The van der Waals surface area contributed by atoms with Crippen molar-refractivity contribution in [1.29, 1.82) is 0 Å². The van der Waals surface area contributed by atoms with Crippen LogP contribution in [0.15, 0.2) is 42.5 Å². The molecule has 2 N–H and O–H groups in total. The predicted octanol–water partition coefficient (Wildman–Crippen LogP) is 5.27. The number of pyridine rings is 1. The molecule has 1 aromatic heterocycles. The van der Waals surface area contributed by atoms with Gasteiger partial charge in [-0.3, -0.25) is 10.1 Å². The predicted molar refractivity (Wildman–Crippen MR) is 109 cm³/mol. The Bertz CT molecular complexity index is 1030. The lowest BCUT2D eigenvalue weighted by Crippen LogP contribution is -2.21. The van der Waals surface area contributed by atoms with E-state index in [0.29, 0.717) is 22.4 Å². The Balaban J connectivity index is 1.85. The molecule has 0 fully saturated rings. The molecule has 1 heterocycles. The number of anilines is 2. The first-order valence-electron chi connectivity index (χ1n) is 7.82. The van der Waals surface area contributed by atoms with Crippen molar-refractivity contribution >= 4 is 80.0 Å². The Hall–Kier alpha value is -2.28. The van der Waals surface area contributed by atoms with Crippen molar-refractivity contribution in [3.63, 3.8) is 0 Å². The number of nitrogens with zero attached hydrogens (tertiary/aromatic N) is 1. The summed E-state index contributed by atoms with van der Waals surface area (Å²) in [6, 6.07) is 12.7. The maximum Gasteiger partial charge on any atom is 0.411 e. The standard InChI is InChI=1S/C18H14Cl3N3O3/c1-10(25)22-13-4-2-11-6-12-3-5-14(8-16(12)24-15(11)7-13)23-17(26)27-9-18(19,20)21/h2-8H,9H2,1H3,(H,22,25)(H,23,26). The van der Waals surface area contributed by atoms with E-state index in [-0.39, 0.29) is 12.5 Å². The minimum absolute atomic E-state index is 0.157. The van der Waals surface area contributed by atoms with Gasteiger partial charge in [-0.1, -0.05) is 46.9 Å². The number of hydrogen-bond acceptors (Lipinski definition) is 4. The molecular formula is C18H14Cl3N3O3. The highest BCUT2D eigenvalue weighted by molar-refractivity contribution is 6.67. The summed E-state index contributed by atoms with van der Waals surface area (Å²) in [5.74, 6) is -0.157. The van der Waals surface area contributed by atoms with Crippen LogP contribution in [0.4, 0.5) is 16.2 Å². The number of rotatable bonds is 3. The summed E-state index contributed by atoms with van der Waals surface area (Å²) in [4.78, 5) is 27.6. The van der Waals surface area contributed by atoms with Crippen molar-refractivity contribution < 1.29 is 14.3 Å². The summed E-state index contributed by atoms with van der Waals surface area (Å²) in [6.45, 7) is 1.07. The van der Waals surface area contributed by atoms with Gasteiger partial charge in [0.15, 0.2) is 0 Å². The van der Waals surface area contributed by atoms with E-state index in [1.807, 2.05) is 24.3 Å². The van der Waals surface area contributed by atoms with Crippen LogP contribution in [-0.4, -0.2) is 27.4 Å². The van der Waals surface area contributed by atoms with Gasteiger partial charge >= 0.3 is 6.09 Å². The van der Waals surface area contributed by atoms with Crippen LogP contribution in [0.25, 0.3) is 21.8 Å². The summed E-state index contributed by atoms with van der Waals surface area (Å²) in [7, 11) is 0. The van der Waals surface area contributed by atoms with Crippen molar-refractivity contribution in [3.05, 3.63) is 42.5 Å². The molecule has 0 saturated heterocycles. The highest BCUT2D eigenvalue weighted by Crippen LogP contribution is 2.27. The molecule has 140 valence electrons. The number of carbonyl (C=O) groups is 2. The quantitative estimate of drug-likeness (QED) is 0.442. The van der Waals surface area contributed by atoms with Crippen LogP contribution in [0.1, 0.15) is 6.92 Å². The Morgan fingerprint density at radius 2 is 1.52 bits per heavy atom. The second-order valence-electron chi connectivity index (χ2n) is 5.80. The van der Waals surface area contributed by atoms with Crippen LogP contribution in [-0.2, 0) is 9.53 Å². The first kappa shape index (κ1) is 19.5. The normalized spacial score (nSPS) is 11.4. The molecule has 0 spiro atoms. The fourth-order valence-electron chi connectivity index (χ4n) is 2.48.